The van der Waals surface area contributed by atoms with Crippen LogP contribution in [0.2, 0.25) is 0 Å². The molecule has 0 saturated heterocycles. The Hall–Kier alpha value is -1.98. The molecule has 98 valence electrons. The Balaban J connectivity index is 2.82. The van der Waals surface area contributed by atoms with Crippen LogP contribution in [0, 0.1) is 17.0 Å². The highest BCUT2D eigenvalue weighted by Crippen LogP contribution is 2.15. The van der Waals surface area contributed by atoms with E-state index in [-0.39, 0.29) is 6.54 Å². The van der Waals surface area contributed by atoms with E-state index < -0.39 is 34.5 Å². The number of carboxylic acids is 1. The van der Waals surface area contributed by atoms with Gasteiger partial charge in [0.2, 0.25) is 0 Å². The van der Waals surface area contributed by atoms with Gasteiger partial charge in [0.15, 0.2) is 0 Å². The van der Waals surface area contributed by atoms with Gasteiger partial charge in [-0.05, 0) is 26.0 Å². The van der Waals surface area contributed by atoms with E-state index in [1.165, 1.54) is 13.8 Å². The minimum atomic E-state index is -1.21. The molecule has 1 rings (SSSR count). The van der Waals surface area contributed by atoms with Gasteiger partial charge in [-0.2, -0.15) is 0 Å². The Labute approximate surface area is 103 Å². The molecule has 18 heavy (non-hydrogen) atoms. The van der Waals surface area contributed by atoms with Gasteiger partial charge in [0.05, 0.1) is 5.41 Å². The quantitative estimate of drug-likeness (QED) is 0.864. The molecule has 0 saturated carbocycles. The molecule has 2 N–H and O–H groups in total. The summed E-state index contributed by atoms with van der Waals surface area (Å²) in [6.45, 7) is 2.57. The maximum atomic E-state index is 13.3. The van der Waals surface area contributed by atoms with Gasteiger partial charge in [-0.25, -0.2) is 8.78 Å². The number of carbonyl (C=O) groups excluding carboxylic acids is 1. The molecule has 0 aliphatic carbocycles. The van der Waals surface area contributed by atoms with Crippen LogP contribution in [-0.2, 0) is 4.79 Å². The van der Waals surface area contributed by atoms with Crippen LogP contribution in [0.1, 0.15) is 24.2 Å². The van der Waals surface area contributed by atoms with Gasteiger partial charge in [0, 0.05) is 6.54 Å². The van der Waals surface area contributed by atoms with Gasteiger partial charge in [0.1, 0.15) is 17.2 Å². The standard InChI is InChI=1S/C12H13F2NO3/c1-12(2,11(17)18)6-15-10(16)9-7(13)4-3-5-8(9)14/h3-5H,6H2,1-2H3,(H,15,16)(H,17,18). The molecular weight excluding hydrogens is 244 g/mol. The van der Waals surface area contributed by atoms with Gasteiger partial charge < -0.3 is 10.4 Å². The third-order valence-electron chi connectivity index (χ3n) is 2.46. The molecule has 0 aliphatic heterocycles. The largest absolute Gasteiger partial charge is 0.481 e. The highest BCUT2D eigenvalue weighted by atomic mass is 19.1. The van der Waals surface area contributed by atoms with Crippen molar-refractivity contribution in [2.24, 2.45) is 5.41 Å². The van der Waals surface area contributed by atoms with Crippen molar-refractivity contribution >= 4 is 11.9 Å². The van der Waals surface area contributed by atoms with Crippen LogP contribution >= 0.6 is 0 Å². The Bertz CT molecular complexity index is 466. The summed E-state index contributed by atoms with van der Waals surface area (Å²) in [5, 5.41) is 11.0. The average Bonchev–Trinajstić information content (AvgIpc) is 2.26. The van der Waals surface area contributed by atoms with Crippen molar-refractivity contribution < 1.29 is 23.5 Å². The number of carboxylic acid groups (broad SMARTS) is 1. The minimum absolute atomic E-state index is 0.227. The maximum Gasteiger partial charge on any atom is 0.310 e. The molecule has 4 nitrogen and oxygen atoms in total. The summed E-state index contributed by atoms with van der Waals surface area (Å²) < 4.78 is 26.5. The second kappa shape index (κ2) is 5.12. The molecular formula is C12H13F2NO3. The molecule has 1 aromatic carbocycles. The van der Waals surface area contributed by atoms with Gasteiger partial charge >= 0.3 is 5.97 Å². The summed E-state index contributed by atoms with van der Waals surface area (Å²) in [5.74, 6) is -4.06. The topological polar surface area (TPSA) is 66.4 Å². The summed E-state index contributed by atoms with van der Waals surface area (Å²) in [6, 6.07) is 3.06. The second-order valence-electron chi connectivity index (χ2n) is 4.47. The first-order valence-corrected chi connectivity index (χ1v) is 5.21. The number of nitrogens with one attached hydrogen (secondary N) is 1. The van der Waals surface area contributed by atoms with E-state index in [2.05, 4.69) is 5.32 Å². The number of hydrogen-bond acceptors (Lipinski definition) is 2. The smallest absolute Gasteiger partial charge is 0.310 e. The molecule has 0 radical (unpaired) electrons. The van der Waals surface area contributed by atoms with Crippen molar-refractivity contribution in [1.82, 2.24) is 5.32 Å². The summed E-state index contributed by atoms with van der Waals surface area (Å²) in [4.78, 5) is 22.4. The number of aliphatic carboxylic acids is 1. The zero-order valence-electron chi connectivity index (χ0n) is 9.96. The predicted octanol–water partition coefficient (Wildman–Crippen LogP) is 1.81. The van der Waals surface area contributed by atoms with Crippen LogP contribution in [0.5, 0.6) is 0 Å². The van der Waals surface area contributed by atoms with E-state index >= 15 is 0 Å². The van der Waals surface area contributed by atoms with E-state index in [0.29, 0.717) is 0 Å². The van der Waals surface area contributed by atoms with E-state index in [1.807, 2.05) is 0 Å². The zero-order chi connectivity index (χ0) is 13.9. The lowest BCUT2D eigenvalue weighted by molar-refractivity contribution is -0.146. The molecule has 0 fully saturated rings. The van der Waals surface area contributed by atoms with E-state index in [9.17, 15) is 18.4 Å². The van der Waals surface area contributed by atoms with E-state index in [4.69, 9.17) is 5.11 Å². The molecule has 1 aromatic rings. The van der Waals surface area contributed by atoms with Crippen molar-refractivity contribution in [3.8, 4) is 0 Å². The normalized spacial score (nSPS) is 11.1. The van der Waals surface area contributed by atoms with Crippen LogP contribution in [0.4, 0.5) is 8.78 Å². The Morgan fingerprint density at radius 1 is 1.28 bits per heavy atom. The van der Waals surface area contributed by atoms with Crippen molar-refractivity contribution in [2.75, 3.05) is 6.54 Å². The summed E-state index contributed by atoms with van der Waals surface area (Å²) >= 11 is 0. The first-order valence-electron chi connectivity index (χ1n) is 5.21. The lowest BCUT2D eigenvalue weighted by Gasteiger charge is -2.19. The van der Waals surface area contributed by atoms with E-state index in [0.717, 1.165) is 18.2 Å². The van der Waals surface area contributed by atoms with Gasteiger partial charge in [-0.3, -0.25) is 9.59 Å². The summed E-state index contributed by atoms with van der Waals surface area (Å²) in [6.07, 6.45) is 0. The number of amides is 1. The molecule has 0 unspecified atom stereocenters. The van der Waals surface area contributed by atoms with Crippen LogP contribution in [-0.4, -0.2) is 23.5 Å². The molecule has 0 aromatic heterocycles. The van der Waals surface area contributed by atoms with Crippen LogP contribution in [0.3, 0.4) is 0 Å². The van der Waals surface area contributed by atoms with Crippen molar-refractivity contribution in [1.29, 1.82) is 0 Å². The second-order valence-corrected chi connectivity index (χ2v) is 4.47. The molecule has 1 amide bonds. The number of carbonyl (C=O) groups is 2. The highest BCUT2D eigenvalue weighted by Gasteiger charge is 2.28. The molecule has 0 spiro atoms. The lowest BCUT2D eigenvalue weighted by Crippen LogP contribution is -2.39. The van der Waals surface area contributed by atoms with Gasteiger partial charge in [-0.1, -0.05) is 6.07 Å². The summed E-state index contributed by atoms with van der Waals surface area (Å²) in [7, 11) is 0. The van der Waals surface area contributed by atoms with E-state index in [1.54, 1.807) is 0 Å². The maximum absolute atomic E-state index is 13.3. The fourth-order valence-corrected chi connectivity index (χ4v) is 1.18. The van der Waals surface area contributed by atoms with Crippen LogP contribution in [0.25, 0.3) is 0 Å². The molecule has 0 atom stereocenters. The fraction of sp³-hybridized carbons (Fsp3) is 0.333. The third-order valence-corrected chi connectivity index (χ3v) is 2.46. The lowest BCUT2D eigenvalue weighted by atomic mass is 9.94. The Morgan fingerprint density at radius 3 is 2.22 bits per heavy atom. The number of rotatable bonds is 4. The number of halogens is 2. The first-order chi connectivity index (χ1) is 8.25. The third kappa shape index (κ3) is 3.03. The first kappa shape index (κ1) is 14.1. The van der Waals surface area contributed by atoms with Gasteiger partial charge in [-0.15, -0.1) is 0 Å². The van der Waals surface area contributed by atoms with Crippen LogP contribution in [0.15, 0.2) is 18.2 Å². The average molecular weight is 257 g/mol. The predicted molar refractivity (Wildman–Crippen MR) is 60.1 cm³/mol. The van der Waals surface area contributed by atoms with Crippen molar-refractivity contribution in [3.05, 3.63) is 35.4 Å². The number of benzene rings is 1. The van der Waals surface area contributed by atoms with Crippen LogP contribution < -0.4 is 5.32 Å². The molecule has 0 aliphatic rings. The van der Waals surface area contributed by atoms with Crippen molar-refractivity contribution in [3.63, 3.8) is 0 Å². The molecule has 0 bridgehead atoms. The van der Waals surface area contributed by atoms with Gasteiger partial charge in [0.25, 0.3) is 5.91 Å². The highest BCUT2D eigenvalue weighted by molar-refractivity contribution is 5.95. The Kier molecular flexibility index (Phi) is 4.00. The monoisotopic (exact) mass is 257 g/mol. The summed E-state index contributed by atoms with van der Waals surface area (Å²) in [5.41, 5.74) is -1.92. The fourth-order valence-electron chi connectivity index (χ4n) is 1.18. The van der Waals surface area contributed by atoms with Crippen molar-refractivity contribution in [2.45, 2.75) is 13.8 Å². The molecule has 0 heterocycles. The Morgan fingerprint density at radius 2 is 1.78 bits per heavy atom. The minimum Gasteiger partial charge on any atom is -0.481 e. The number of hydrogen-bond donors (Lipinski definition) is 2. The zero-order valence-corrected chi connectivity index (χ0v) is 9.96. The molecule has 6 heteroatoms. The SMILES string of the molecule is CC(C)(CNC(=O)c1c(F)cccc1F)C(=O)O.